The van der Waals surface area contributed by atoms with Gasteiger partial charge in [0.25, 0.3) is 0 Å². The van der Waals surface area contributed by atoms with Crippen molar-refractivity contribution in [2.24, 2.45) is 0 Å². The van der Waals surface area contributed by atoms with Crippen molar-refractivity contribution in [3.8, 4) is 22.3 Å². The summed E-state index contributed by atoms with van der Waals surface area (Å²) in [6, 6.07) is 52.1. The van der Waals surface area contributed by atoms with E-state index in [1.165, 1.54) is 92.6 Å². The highest BCUT2D eigenvalue weighted by Gasteiger charge is 2.45. The third-order valence-corrected chi connectivity index (χ3v) is 11.0. The Morgan fingerprint density at radius 2 is 1.30 bits per heavy atom. The van der Waals surface area contributed by atoms with Crippen molar-refractivity contribution >= 4 is 79.2 Å². The van der Waals surface area contributed by atoms with Gasteiger partial charge in [0.2, 0.25) is 0 Å². The quantitative estimate of drug-likeness (QED) is 0.181. The molecule has 202 valence electrons. The number of benzene rings is 7. The van der Waals surface area contributed by atoms with Gasteiger partial charge in [0, 0.05) is 42.8 Å². The number of nitrogens with zero attached hydrogens (tertiary/aromatic N) is 2. The Bertz CT molecular complexity index is 2550. The van der Waals surface area contributed by atoms with E-state index in [1.54, 1.807) is 0 Å². The van der Waals surface area contributed by atoms with Gasteiger partial charge in [-0.2, -0.15) is 0 Å². The fourth-order valence-electron chi connectivity index (χ4n) is 8.12. The van der Waals surface area contributed by atoms with Crippen LogP contribution in [-0.2, 0) is 0 Å². The second-order valence-corrected chi connectivity index (χ2v) is 13.2. The summed E-state index contributed by atoms with van der Waals surface area (Å²) in [4.78, 5) is 5.17. The monoisotopic (exact) mass is 574 g/mol. The lowest BCUT2D eigenvalue weighted by Crippen LogP contribution is -2.57. The first kappa shape index (κ1) is 23.3. The molecule has 1 aromatic heterocycles. The minimum Gasteiger partial charge on any atom is -0.375 e. The van der Waals surface area contributed by atoms with Crippen molar-refractivity contribution in [1.29, 1.82) is 0 Å². The minimum absolute atomic E-state index is 0.0675. The van der Waals surface area contributed by atoms with Crippen LogP contribution in [0, 0.1) is 0 Å². The molecule has 0 saturated heterocycles. The highest BCUT2D eigenvalue weighted by Crippen LogP contribution is 2.54. The average Bonchev–Trinajstić information content (AvgIpc) is 3.40. The molecular formula is C40H23BN2S. The summed E-state index contributed by atoms with van der Waals surface area (Å²) in [6.07, 6.45) is 0. The van der Waals surface area contributed by atoms with Crippen LogP contribution in [0.15, 0.2) is 149 Å². The highest BCUT2D eigenvalue weighted by molar-refractivity contribution is 7.99. The molecule has 0 radical (unpaired) electrons. The molecule has 0 unspecified atom stereocenters. The maximum atomic E-state index is 2.67. The van der Waals surface area contributed by atoms with Gasteiger partial charge in [-0.1, -0.05) is 109 Å². The Morgan fingerprint density at radius 3 is 2.20 bits per heavy atom. The van der Waals surface area contributed by atoms with Crippen LogP contribution < -0.4 is 15.8 Å². The van der Waals surface area contributed by atoms with Crippen molar-refractivity contribution in [2.45, 2.75) is 9.79 Å². The molecule has 0 spiro atoms. The van der Waals surface area contributed by atoms with Gasteiger partial charge >= 0.3 is 6.85 Å². The molecule has 8 aromatic rings. The molecule has 0 aliphatic carbocycles. The first-order valence-electron chi connectivity index (χ1n) is 15.2. The number of anilines is 3. The zero-order valence-electron chi connectivity index (χ0n) is 23.7. The number of aromatic nitrogens is 1. The Balaban J connectivity index is 1.35. The van der Waals surface area contributed by atoms with E-state index in [4.69, 9.17) is 0 Å². The van der Waals surface area contributed by atoms with Gasteiger partial charge in [0.05, 0.1) is 11.4 Å². The number of fused-ring (bicyclic) bond motifs is 10. The van der Waals surface area contributed by atoms with Gasteiger partial charge in [-0.15, -0.1) is 0 Å². The predicted molar refractivity (Wildman–Crippen MR) is 187 cm³/mol. The Labute approximate surface area is 259 Å². The number of hydrogen-bond donors (Lipinski definition) is 0. The zero-order chi connectivity index (χ0) is 28.5. The molecule has 0 N–H and O–H groups in total. The number of para-hydroxylation sites is 3. The second kappa shape index (κ2) is 8.25. The summed E-state index contributed by atoms with van der Waals surface area (Å²) in [6.45, 7) is 0.0675. The predicted octanol–water partition coefficient (Wildman–Crippen LogP) is 9.50. The second-order valence-electron chi connectivity index (χ2n) is 12.1. The lowest BCUT2D eigenvalue weighted by molar-refractivity contribution is 1.16. The summed E-state index contributed by atoms with van der Waals surface area (Å²) in [5, 5.41) is 5.22. The molecule has 3 aliphatic rings. The van der Waals surface area contributed by atoms with Crippen LogP contribution in [0.5, 0.6) is 0 Å². The van der Waals surface area contributed by atoms with Crippen molar-refractivity contribution < 1.29 is 0 Å². The van der Waals surface area contributed by atoms with E-state index >= 15 is 0 Å². The topological polar surface area (TPSA) is 8.17 Å². The van der Waals surface area contributed by atoms with Crippen LogP contribution in [0.25, 0.3) is 54.8 Å². The van der Waals surface area contributed by atoms with Gasteiger partial charge in [-0.25, -0.2) is 0 Å². The highest BCUT2D eigenvalue weighted by atomic mass is 32.2. The molecule has 0 atom stereocenters. The standard InChI is InChI=1S/C40H23BN2S/c1-2-10-24(11-3-1)27-21-31-29-15-8-14-28-30-20-25-12-4-5-13-26(25)22-34(30)43(39(28)29)41-32-16-9-19-37-40(32)42(35(23-27)38(31)41)33-17-6-7-18-36(33)44-37/h1-23H. The molecule has 7 aromatic carbocycles. The smallest absolute Gasteiger partial charge is 0.333 e. The summed E-state index contributed by atoms with van der Waals surface area (Å²) in [7, 11) is 0. The lowest BCUT2D eigenvalue weighted by Gasteiger charge is -2.43. The molecule has 2 nitrogen and oxygen atoms in total. The van der Waals surface area contributed by atoms with Crippen LogP contribution in [-0.4, -0.2) is 11.3 Å². The summed E-state index contributed by atoms with van der Waals surface area (Å²) < 4.78 is 2.67. The van der Waals surface area contributed by atoms with Crippen LogP contribution >= 0.6 is 11.8 Å². The van der Waals surface area contributed by atoms with E-state index < -0.39 is 0 Å². The first-order chi connectivity index (χ1) is 21.8. The van der Waals surface area contributed by atoms with E-state index in [0.29, 0.717) is 0 Å². The molecule has 44 heavy (non-hydrogen) atoms. The molecule has 0 amide bonds. The third kappa shape index (κ3) is 2.85. The maximum Gasteiger partial charge on any atom is 0.333 e. The molecule has 4 heterocycles. The summed E-state index contributed by atoms with van der Waals surface area (Å²) in [5.74, 6) is 0. The molecule has 3 aliphatic heterocycles. The number of rotatable bonds is 1. The van der Waals surface area contributed by atoms with E-state index in [2.05, 4.69) is 149 Å². The van der Waals surface area contributed by atoms with Gasteiger partial charge in [-0.05, 0) is 80.9 Å². The average molecular weight is 575 g/mol. The zero-order valence-corrected chi connectivity index (χ0v) is 24.5. The van der Waals surface area contributed by atoms with E-state index in [1.807, 2.05) is 11.8 Å². The molecular weight excluding hydrogens is 551 g/mol. The first-order valence-corrected chi connectivity index (χ1v) is 16.0. The van der Waals surface area contributed by atoms with Crippen LogP contribution in [0.1, 0.15) is 0 Å². The molecule has 4 heteroatoms. The lowest BCUT2D eigenvalue weighted by atomic mass is 9.45. The van der Waals surface area contributed by atoms with Crippen LogP contribution in [0.4, 0.5) is 17.1 Å². The van der Waals surface area contributed by atoms with Crippen molar-refractivity contribution in [2.75, 3.05) is 4.90 Å². The van der Waals surface area contributed by atoms with E-state index in [9.17, 15) is 0 Å². The van der Waals surface area contributed by atoms with Crippen molar-refractivity contribution in [3.05, 3.63) is 140 Å². The fourth-order valence-corrected chi connectivity index (χ4v) is 9.22. The summed E-state index contributed by atoms with van der Waals surface area (Å²) in [5.41, 5.74) is 14.4. The number of hydrogen-bond acceptors (Lipinski definition) is 2. The van der Waals surface area contributed by atoms with Gasteiger partial charge in [0.1, 0.15) is 0 Å². The fraction of sp³-hybridized carbons (Fsp3) is 0. The van der Waals surface area contributed by atoms with Gasteiger partial charge < -0.3 is 9.38 Å². The van der Waals surface area contributed by atoms with Crippen LogP contribution in [0.3, 0.4) is 0 Å². The Morgan fingerprint density at radius 1 is 0.523 bits per heavy atom. The molecule has 11 rings (SSSR count). The van der Waals surface area contributed by atoms with Crippen molar-refractivity contribution in [1.82, 2.24) is 4.48 Å². The molecule has 0 saturated carbocycles. The largest absolute Gasteiger partial charge is 0.375 e. The molecule has 0 bridgehead atoms. The SMILES string of the molecule is c1ccc(-c2cc3c4c(c2)N2c5ccccc5Sc5cccc(c52)B4n2c4cc5ccccc5cc4c4cccc-3c42)cc1. The maximum absolute atomic E-state index is 2.67. The van der Waals surface area contributed by atoms with Gasteiger partial charge in [0.15, 0.2) is 0 Å². The third-order valence-electron chi connectivity index (χ3n) is 9.89. The Hall–Kier alpha value is -5.19. The van der Waals surface area contributed by atoms with E-state index in [-0.39, 0.29) is 6.85 Å². The summed E-state index contributed by atoms with van der Waals surface area (Å²) >= 11 is 1.89. The minimum atomic E-state index is 0.0675. The van der Waals surface area contributed by atoms with Crippen molar-refractivity contribution in [3.63, 3.8) is 0 Å². The molecule has 0 fully saturated rings. The Kier molecular flexibility index (Phi) is 4.37. The normalized spacial score (nSPS) is 13.7. The van der Waals surface area contributed by atoms with Gasteiger partial charge in [-0.3, -0.25) is 0 Å². The van der Waals surface area contributed by atoms with E-state index in [0.717, 1.165) is 0 Å². The van der Waals surface area contributed by atoms with Crippen LogP contribution in [0.2, 0.25) is 0 Å².